The van der Waals surface area contributed by atoms with Crippen molar-refractivity contribution in [1.29, 1.82) is 5.26 Å². The van der Waals surface area contributed by atoms with Crippen molar-refractivity contribution in [2.75, 3.05) is 6.61 Å². The second-order valence-corrected chi connectivity index (χ2v) is 6.87. The van der Waals surface area contributed by atoms with Crippen LogP contribution in [-0.2, 0) is 9.53 Å². The summed E-state index contributed by atoms with van der Waals surface area (Å²) in [6, 6.07) is 16.1. The van der Waals surface area contributed by atoms with Gasteiger partial charge in [0.25, 0.3) is 0 Å². The number of ether oxygens (including phenoxy) is 1. The van der Waals surface area contributed by atoms with Gasteiger partial charge in [0.05, 0.1) is 18.6 Å². The van der Waals surface area contributed by atoms with E-state index in [-0.39, 0.29) is 12.4 Å². The van der Waals surface area contributed by atoms with Crippen LogP contribution < -0.4 is 0 Å². The molecule has 132 valence electrons. The number of ketones is 1. The normalized spacial score (nSPS) is 23.8. The number of nitriles is 1. The van der Waals surface area contributed by atoms with Crippen LogP contribution in [0.4, 0.5) is 0 Å². The van der Waals surface area contributed by atoms with Crippen molar-refractivity contribution in [3.63, 3.8) is 0 Å². The van der Waals surface area contributed by atoms with E-state index in [4.69, 9.17) is 16.3 Å². The van der Waals surface area contributed by atoms with Gasteiger partial charge in [0.1, 0.15) is 0 Å². The molecule has 4 nitrogen and oxygen atoms in total. The number of halogens is 1. The minimum Gasteiger partial charge on any atom is -0.465 e. The lowest BCUT2D eigenvalue weighted by Crippen LogP contribution is -2.23. The van der Waals surface area contributed by atoms with Crippen LogP contribution in [0.3, 0.4) is 0 Å². The van der Waals surface area contributed by atoms with Gasteiger partial charge in [0, 0.05) is 16.5 Å². The van der Waals surface area contributed by atoms with Crippen LogP contribution >= 0.6 is 11.6 Å². The van der Waals surface area contributed by atoms with Crippen molar-refractivity contribution < 1.29 is 14.3 Å². The van der Waals surface area contributed by atoms with Crippen LogP contribution in [0, 0.1) is 29.6 Å². The van der Waals surface area contributed by atoms with Crippen molar-refractivity contribution in [3.05, 3.63) is 70.2 Å². The molecule has 3 atom stereocenters. The molecular weight excluding hydrogens is 350 g/mol. The number of esters is 1. The molecule has 0 radical (unpaired) electrons. The van der Waals surface area contributed by atoms with Gasteiger partial charge in [-0.25, -0.2) is 0 Å². The third kappa shape index (κ3) is 2.89. The number of aryl methyl sites for hydroxylation is 1. The molecule has 3 rings (SSSR count). The lowest BCUT2D eigenvalue weighted by molar-refractivity contribution is -0.147. The lowest BCUT2D eigenvalue weighted by atomic mass is 9.98. The van der Waals surface area contributed by atoms with Crippen LogP contribution in [0.5, 0.6) is 0 Å². The molecule has 0 spiro atoms. The number of carbonyl (C=O) groups is 2. The Balaban J connectivity index is 2.03. The van der Waals surface area contributed by atoms with Gasteiger partial charge in [0.2, 0.25) is 0 Å². The maximum atomic E-state index is 13.1. The fourth-order valence-electron chi connectivity index (χ4n) is 3.46. The van der Waals surface area contributed by atoms with Crippen molar-refractivity contribution in [1.82, 2.24) is 0 Å². The zero-order valence-electron chi connectivity index (χ0n) is 14.5. The summed E-state index contributed by atoms with van der Waals surface area (Å²) in [5, 5.41) is 10.4. The van der Waals surface area contributed by atoms with Gasteiger partial charge >= 0.3 is 5.97 Å². The minimum absolute atomic E-state index is 0.154. The molecule has 3 unspecified atom stereocenters. The van der Waals surface area contributed by atoms with Gasteiger partial charge in [-0.15, -0.1) is 0 Å². The molecule has 2 aromatic carbocycles. The number of hydrogen-bond donors (Lipinski definition) is 0. The van der Waals surface area contributed by atoms with Crippen LogP contribution in [0.15, 0.2) is 48.5 Å². The van der Waals surface area contributed by atoms with E-state index in [0.717, 1.165) is 11.1 Å². The topological polar surface area (TPSA) is 67.2 Å². The predicted molar refractivity (Wildman–Crippen MR) is 97.9 cm³/mol. The smallest absolute Gasteiger partial charge is 0.327 e. The van der Waals surface area contributed by atoms with E-state index in [0.29, 0.717) is 10.6 Å². The highest BCUT2D eigenvalue weighted by molar-refractivity contribution is 6.30. The van der Waals surface area contributed by atoms with E-state index in [2.05, 4.69) is 6.07 Å². The number of Topliss-reactive ketones (excluding diaryl/α,β-unsaturated/α-hetero) is 1. The van der Waals surface area contributed by atoms with Crippen LogP contribution in [0.25, 0.3) is 0 Å². The molecule has 1 aliphatic rings. The standard InChI is InChI=1S/C21H18ClNO3/c1-3-26-20(25)21(12-23)17(14-8-10-16(22)11-9-14)18(21)19(24)15-6-4-13(2)5-7-15/h4-11,17-18H,3H2,1-2H3. The summed E-state index contributed by atoms with van der Waals surface area (Å²) in [7, 11) is 0. The molecule has 0 aliphatic heterocycles. The molecule has 1 aliphatic carbocycles. The Morgan fingerprint density at radius 2 is 1.77 bits per heavy atom. The summed E-state index contributed by atoms with van der Waals surface area (Å²) in [6.45, 7) is 3.76. The van der Waals surface area contributed by atoms with Crippen molar-refractivity contribution in [2.45, 2.75) is 19.8 Å². The van der Waals surface area contributed by atoms with E-state index in [9.17, 15) is 14.9 Å². The number of benzene rings is 2. The summed E-state index contributed by atoms with van der Waals surface area (Å²) in [5.74, 6) is -2.18. The zero-order valence-corrected chi connectivity index (χ0v) is 15.3. The number of nitrogens with zero attached hydrogens (tertiary/aromatic N) is 1. The molecule has 0 amide bonds. The molecular formula is C21H18ClNO3. The summed E-state index contributed by atoms with van der Waals surface area (Å²) in [5.41, 5.74) is 0.755. The zero-order chi connectivity index (χ0) is 18.9. The van der Waals surface area contributed by atoms with Gasteiger partial charge in [-0.05, 0) is 31.5 Å². The molecule has 0 heterocycles. The minimum atomic E-state index is -1.49. The molecule has 0 N–H and O–H groups in total. The average Bonchev–Trinajstić information content (AvgIpc) is 3.33. The Labute approximate surface area is 157 Å². The monoisotopic (exact) mass is 367 g/mol. The van der Waals surface area contributed by atoms with Crippen molar-refractivity contribution in [3.8, 4) is 6.07 Å². The van der Waals surface area contributed by atoms with E-state index in [1.165, 1.54) is 0 Å². The molecule has 1 fully saturated rings. The largest absolute Gasteiger partial charge is 0.465 e. The maximum absolute atomic E-state index is 13.1. The number of hydrogen-bond acceptors (Lipinski definition) is 4. The molecule has 2 aromatic rings. The Bertz CT molecular complexity index is 883. The first-order valence-electron chi connectivity index (χ1n) is 8.40. The van der Waals surface area contributed by atoms with E-state index >= 15 is 0 Å². The van der Waals surface area contributed by atoms with Crippen molar-refractivity contribution in [2.24, 2.45) is 11.3 Å². The van der Waals surface area contributed by atoms with Crippen molar-refractivity contribution >= 4 is 23.4 Å². The molecule has 0 bridgehead atoms. The summed E-state index contributed by atoms with van der Waals surface area (Å²) < 4.78 is 5.13. The number of carbonyl (C=O) groups excluding carboxylic acids is 2. The quantitative estimate of drug-likeness (QED) is 0.583. The van der Waals surface area contributed by atoms with Gasteiger partial charge in [-0.3, -0.25) is 9.59 Å². The second kappa shape index (κ2) is 6.93. The molecule has 0 aromatic heterocycles. The third-order valence-electron chi connectivity index (χ3n) is 4.85. The van der Waals surface area contributed by atoms with E-state index in [1.807, 2.05) is 19.1 Å². The average molecular weight is 368 g/mol. The summed E-state index contributed by atoms with van der Waals surface area (Å²) >= 11 is 5.94. The molecule has 26 heavy (non-hydrogen) atoms. The molecule has 0 saturated heterocycles. The first-order valence-corrected chi connectivity index (χ1v) is 8.78. The molecule has 1 saturated carbocycles. The first-order chi connectivity index (χ1) is 12.5. The highest BCUT2D eigenvalue weighted by Crippen LogP contribution is 2.66. The van der Waals surface area contributed by atoms with Gasteiger partial charge in [0.15, 0.2) is 11.2 Å². The second-order valence-electron chi connectivity index (χ2n) is 6.44. The first kappa shape index (κ1) is 18.2. The Morgan fingerprint density at radius 3 is 2.31 bits per heavy atom. The Morgan fingerprint density at radius 1 is 1.15 bits per heavy atom. The fraction of sp³-hybridized carbons (Fsp3) is 0.286. The third-order valence-corrected chi connectivity index (χ3v) is 5.10. The van der Waals surface area contributed by atoms with Crippen LogP contribution in [0.2, 0.25) is 5.02 Å². The summed E-state index contributed by atoms with van der Waals surface area (Å²) in [4.78, 5) is 25.7. The lowest BCUT2D eigenvalue weighted by Gasteiger charge is -2.08. The molecule has 5 heteroatoms. The van der Waals surface area contributed by atoms with Crippen LogP contribution in [-0.4, -0.2) is 18.4 Å². The SMILES string of the molecule is CCOC(=O)C1(C#N)C(C(=O)c2ccc(C)cc2)C1c1ccc(Cl)cc1. The highest BCUT2D eigenvalue weighted by atomic mass is 35.5. The predicted octanol–water partition coefficient (Wildman–Crippen LogP) is 4.32. The fourth-order valence-corrected chi connectivity index (χ4v) is 3.58. The van der Waals surface area contributed by atoms with Crippen LogP contribution in [0.1, 0.15) is 34.3 Å². The Kier molecular flexibility index (Phi) is 4.84. The van der Waals surface area contributed by atoms with Gasteiger partial charge in [-0.1, -0.05) is 53.6 Å². The Hall–Kier alpha value is -2.64. The summed E-state index contributed by atoms with van der Waals surface area (Å²) in [6.07, 6.45) is 0. The van der Waals surface area contributed by atoms with E-state index in [1.54, 1.807) is 43.3 Å². The van der Waals surface area contributed by atoms with Gasteiger partial charge < -0.3 is 4.74 Å². The van der Waals surface area contributed by atoms with Gasteiger partial charge in [-0.2, -0.15) is 5.26 Å². The van der Waals surface area contributed by atoms with E-state index < -0.39 is 23.2 Å². The maximum Gasteiger partial charge on any atom is 0.327 e. The number of rotatable bonds is 5. The highest BCUT2D eigenvalue weighted by Gasteiger charge is 2.75.